The third kappa shape index (κ3) is 4.59. The van der Waals surface area contributed by atoms with Gasteiger partial charge in [-0.3, -0.25) is 4.79 Å². The number of anilines is 1. The topological polar surface area (TPSA) is 105 Å². The first-order chi connectivity index (χ1) is 14.3. The Morgan fingerprint density at radius 1 is 1.10 bits per heavy atom. The third-order valence-corrected chi connectivity index (χ3v) is 4.82. The van der Waals surface area contributed by atoms with Gasteiger partial charge in [0.15, 0.2) is 6.61 Å². The van der Waals surface area contributed by atoms with Crippen molar-refractivity contribution in [2.24, 2.45) is 0 Å². The molecule has 0 aliphatic carbocycles. The van der Waals surface area contributed by atoms with Gasteiger partial charge < -0.3 is 25.0 Å². The predicted octanol–water partition coefficient (Wildman–Crippen LogP) is 4.36. The van der Waals surface area contributed by atoms with E-state index in [2.05, 4.69) is 5.32 Å². The summed E-state index contributed by atoms with van der Waals surface area (Å²) in [5.41, 5.74) is 0.757. The Morgan fingerprint density at radius 3 is 2.53 bits per heavy atom. The lowest BCUT2D eigenvalue weighted by Gasteiger charge is -2.15. The number of aliphatic hydroxyl groups excluding tert-OH is 1. The zero-order chi connectivity index (χ0) is 21.8. The number of carbonyl (C=O) groups excluding carboxylic acids is 1. The van der Waals surface area contributed by atoms with Gasteiger partial charge in [0.05, 0.1) is 30.0 Å². The molecule has 0 aliphatic rings. The SMILES string of the molecule is COc1cccc(CO)c1NC(=O)COc1cc(C(=O)O)cc2cc(Cl)cc(Cl)c12. The highest BCUT2D eigenvalue weighted by molar-refractivity contribution is 6.39. The first-order valence-electron chi connectivity index (χ1n) is 8.69. The summed E-state index contributed by atoms with van der Waals surface area (Å²) < 4.78 is 10.8. The molecule has 30 heavy (non-hydrogen) atoms. The Balaban J connectivity index is 1.89. The van der Waals surface area contributed by atoms with Crippen LogP contribution in [0.15, 0.2) is 42.5 Å². The number of amides is 1. The Labute approximate surface area is 181 Å². The lowest BCUT2D eigenvalue weighted by molar-refractivity contribution is -0.118. The van der Waals surface area contributed by atoms with Crippen molar-refractivity contribution in [3.05, 3.63) is 63.6 Å². The molecule has 7 nitrogen and oxygen atoms in total. The lowest BCUT2D eigenvalue weighted by Crippen LogP contribution is -2.21. The Kier molecular flexibility index (Phi) is 6.66. The molecule has 0 fully saturated rings. The van der Waals surface area contributed by atoms with Gasteiger partial charge in [-0.25, -0.2) is 4.79 Å². The summed E-state index contributed by atoms with van der Waals surface area (Å²) in [4.78, 5) is 23.9. The van der Waals surface area contributed by atoms with Crippen LogP contribution in [0.3, 0.4) is 0 Å². The molecule has 0 spiro atoms. The molecule has 3 aromatic rings. The van der Waals surface area contributed by atoms with Gasteiger partial charge in [0.2, 0.25) is 0 Å². The van der Waals surface area contributed by atoms with Gasteiger partial charge in [-0.2, -0.15) is 0 Å². The highest BCUT2D eigenvalue weighted by Crippen LogP contribution is 2.36. The van der Waals surface area contributed by atoms with E-state index in [4.69, 9.17) is 32.7 Å². The van der Waals surface area contributed by atoms with Gasteiger partial charge in [0.25, 0.3) is 5.91 Å². The second kappa shape index (κ2) is 9.21. The van der Waals surface area contributed by atoms with Crippen molar-refractivity contribution in [3.8, 4) is 11.5 Å². The van der Waals surface area contributed by atoms with E-state index < -0.39 is 18.5 Å². The molecule has 0 saturated carbocycles. The van der Waals surface area contributed by atoms with Crippen LogP contribution in [0.25, 0.3) is 10.8 Å². The number of hydrogen-bond donors (Lipinski definition) is 3. The van der Waals surface area contributed by atoms with Gasteiger partial charge >= 0.3 is 5.97 Å². The van der Waals surface area contributed by atoms with Gasteiger partial charge in [0.1, 0.15) is 11.5 Å². The minimum absolute atomic E-state index is 0.0384. The number of aromatic carboxylic acids is 1. The summed E-state index contributed by atoms with van der Waals surface area (Å²) in [6, 6.07) is 10.7. The van der Waals surface area contributed by atoms with E-state index in [1.54, 1.807) is 24.3 Å². The molecule has 0 aromatic heterocycles. The van der Waals surface area contributed by atoms with Crippen LogP contribution in [-0.2, 0) is 11.4 Å². The molecular weight excluding hydrogens is 433 g/mol. The first kappa shape index (κ1) is 21.7. The van der Waals surface area contributed by atoms with E-state index in [-0.39, 0.29) is 22.9 Å². The highest BCUT2D eigenvalue weighted by Gasteiger charge is 2.16. The normalized spacial score (nSPS) is 10.7. The van der Waals surface area contributed by atoms with Crippen molar-refractivity contribution in [2.45, 2.75) is 6.61 Å². The average molecular weight is 450 g/mol. The summed E-state index contributed by atoms with van der Waals surface area (Å²) >= 11 is 12.3. The van der Waals surface area contributed by atoms with Crippen LogP contribution in [0, 0.1) is 0 Å². The van der Waals surface area contributed by atoms with Gasteiger partial charge in [-0.05, 0) is 35.7 Å². The summed E-state index contributed by atoms with van der Waals surface area (Å²) in [7, 11) is 1.44. The number of hydrogen-bond acceptors (Lipinski definition) is 5. The van der Waals surface area contributed by atoms with Crippen molar-refractivity contribution in [2.75, 3.05) is 19.0 Å². The molecule has 0 saturated heterocycles. The van der Waals surface area contributed by atoms with E-state index in [1.807, 2.05) is 0 Å². The minimum Gasteiger partial charge on any atom is -0.495 e. The number of rotatable bonds is 7. The van der Waals surface area contributed by atoms with Crippen LogP contribution in [0.4, 0.5) is 5.69 Å². The number of benzene rings is 3. The standard InChI is InChI=1S/C21H17Cl2NO6/c1-29-16-4-2-3-11(9-25)20(16)24-18(26)10-30-17-7-13(21(27)28)5-12-6-14(22)8-15(23)19(12)17/h2-8,25H,9-10H2,1H3,(H,24,26)(H,27,28). The fourth-order valence-corrected chi connectivity index (χ4v) is 3.57. The molecular formula is C21H17Cl2NO6. The van der Waals surface area contributed by atoms with E-state index >= 15 is 0 Å². The lowest BCUT2D eigenvalue weighted by atomic mass is 10.1. The van der Waals surface area contributed by atoms with Crippen LogP contribution in [0.1, 0.15) is 15.9 Å². The maximum absolute atomic E-state index is 12.5. The monoisotopic (exact) mass is 449 g/mol. The van der Waals surface area contributed by atoms with Crippen molar-refractivity contribution < 1.29 is 29.3 Å². The molecule has 0 aliphatic heterocycles. The quantitative estimate of drug-likeness (QED) is 0.494. The minimum atomic E-state index is -1.16. The maximum Gasteiger partial charge on any atom is 0.335 e. The molecule has 0 bridgehead atoms. The molecule has 3 aromatic carbocycles. The van der Waals surface area contributed by atoms with E-state index in [0.717, 1.165) is 0 Å². The Hall–Kier alpha value is -3.00. The number of aliphatic hydroxyl groups is 1. The highest BCUT2D eigenvalue weighted by atomic mass is 35.5. The van der Waals surface area contributed by atoms with Gasteiger partial charge in [0, 0.05) is 16.0 Å². The number of para-hydroxylation sites is 1. The summed E-state index contributed by atoms with van der Waals surface area (Å²) in [6.07, 6.45) is 0. The third-order valence-electron chi connectivity index (χ3n) is 4.30. The number of halogens is 2. The molecule has 0 radical (unpaired) electrons. The number of carboxylic acids is 1. The van der Waals surface area contributed by atoms with E-state index in [9.17, 15) is 19.8 Å². The molecule has 0 unspecified atom stereocenters. The second-order valence-corrected chi connectivity index (χ2v) is 7.10. The number of carbonyl (C=O) groups is 2. The molecule has 3 N–H and O–H groups in total. The Bertz CT molecular complexity index is 1110. The van der Waals surface area contributed by atoms with Crippen LogP contribution in [-0.4, -0.2) is 35.8 Å². The smallest absolute Gasteiger partial charge is 0.335 e. The summed E-state index contributed by atoms with van der Waals surface area (Å²) in [5.74, 6) is -1.19. The average Bonchev–Trinajstić information content (AvgIpc) is 2.71. The number of ether oxygens (including phenoxy) is 2. The van der Waals surface area contributed by atoms with Crippen molar-refractivity contribution in [1.82, 2.24) is 0 Å². The zero-order valence-corrected chi connectivity index (χ0v) is 17.3. The molecule has 0 atom stereocenters. The fraction of sp³-hybridized carbons (Fsp3) is 0.143. The first-order valence-corrected chi connectivity index (χ1v) is 9.45. The van der Waals surface area contributed by atoms with Crippen LogP contribution >= 0.6 is 23.2 Å². The molecule has 0 heterocycles. The number of methoxy groups -OCH3 is 1. The zero-order valence-electron chi connectivity index (χ0n) is 15.7. The second-order valence-electron chi connectivity index (χ2n) is 6.25. The molecule has 3 rings (SSSR count). The van der Waals surface area contributed by atoms with Crippen molar-refractivity contribution in [3.63, 3.8) is 0 Å². The number of nitrogens with one attached hydrogen (secondary N) is 1. The fourth-order valence-electron chi connectivity index (χ4n) is 2.97. The van der Waals surface area contributed by atoms with Crippen molar-refractivity contribution in [1.29, 1.82) is 0 Å². The summed E-state index contributed by atoms with van der Waals surface area (Å²) in [6.45, 7) is -0.727. The largest absolute Gasteiger partial charge is 0.495 e. The maximum atomic E-state index is 12.5. The van der Waals surface area contributed by atoms with Crippen LogP contribution in [0.5, 0.6) is 11.5 Å². The van der Waals surface area contributed by atoms with E-state index in [0.29, 0.717) is 32.8 Å². The van der Waals surface area contributed by atoms with Crippen molar-refractivity contribution >= 4 is 51.5 Å². The summed E-state index contributed by atoms with van der Waals surface area (Å²) in [5, 5.41) is 23.0. The Morgan fingerprint density at radius 2 is 1.87 bits per heavy atom. The van der Waals surface area contributed by atoms with Gasteiger partial charge in [-0.15, -0.1) is 0 Å². The van der Waals surface area contributed by atoms with Gasteiger partial charge in [-0.1, -0.05) is 35.3 Å². The van der Waals surface area contributed by atoms with E-state index in [1.165, 1.54) is 25.3 Å². The molecule has 9 heteroatoms. The number of carboxylic acid groups (broad SMARTS) is 1. The predicted molar refractivity (Wildman–Crippen MR) is 114 cm³/mol. The van der Waals surface area contributed by atoms with Crippen LogP contribution in [0.2, 0.25) is 10.0 Å². The number of fused-ring (bicyclic) bond motifs is 1. The van der Waals surface area contributed by atoms with Crippen LogP contribution < -0.4 is 14.8 Å². The molecule has 156 valence electrons. The molecule has 1 amide bonds.